The molecule has 21 heavy (non-hydrogen) atoms. The van der Waals surface area contributed by atoms with E-state index in [4.69, 9.17) is 5.21 Å². The average molecular weight is 295 g/mol. The Morgan fingerprint density at radius 3 is 2.52 bits per heavy atom. The Balaban J connectivity index is 1.95. The lowest BCUT2D eigenvalue weighted by atomic mass is 9.92. The molecule has 0 saturated carbocycles. The summed E-state index contributed by atoms with van der Waals surface area (Å²) in [5, 5.41) is 12.5. The molecule has 1 amide bonds. The number of amides is 1. The Morgan fingerprint density at radius 2 is 1.95 bits per heavy atom. The SMILES string of the molecule is CCC1CN(C(C)C(=O)N2CCCCCC2)CCC1=NO. The van der Waals surface area contributed by atoms with Crippen molar-refractivity contribution in [1.82, 2.24) is 9.80 Å². The largest absolute Gasteiger partial charge is 0.411 e. The molecule has 0 aromatic carbocycles. The second-order valence-electron chi connectivity index (χ2n) is 6.36. The summed E-state index contributed by atoms with van der Waals surface area (Å²) in [6.45, 7) is 7.62. The number of carbonyl (C=O) groups is 1. The van der Waals surface area contributed by atoms with E-state index < -0.39 is 0 Å². The maximum absolute atomic E-state index is 12.7. The third-order valence-electron chi connectivity index (χ3n) is 5.03. The molecule has 0 aromatic heterocycles. The van der Waals surface area contributed by atoms with Crippen LogP contribution in [0.5, 0.6) is 0 Å². The molecule has 120 valence electrons. The number of carbonyl (C=O) groups excluding carboxylic acids is 1. The van der Waals surface area contributed by atoms with Crippen molar-refractivity contribution in [3.8, 4) is 0 Å². The van der Waals surface area contributed by atoms with Gasteiger partial charge in [0, 0.05) is 38.5 Å². The summed E-state index contributed by atoms with van der Waals surface area (Å²) >= 11 is 0. The van der Waals surface area contributed by atoms with E-state index in [1.165, 1.54) is 12.8 Å². The van der Waals surface area contributed by atoms with E-state index in [0.29, 0.717) is 0 Å². The average Bonchev–Trinajstić information content (AvgIpc) is 2.82. The molecule has 0 aliphatic carbocycles. The number of piperidine rings is 1. The highest BCUT2D eigenvalue weighted by atomic mass is 16.4. The lowest BCUT2D eigenvalue weighted by Gasteiger charge is -2.38. The summed E-state index contributed by atoms with van der Waals surface area (Å²) in [7, 11) is 0. The van der Waals surface area contributed by atoms with Crippen molar-refractivity contribution in [2.75, 3.05) is 26.2 Å². The first-order valence-electron chi connectivity index (χ1n) is 8.41. The molecule has 2 aliphatic rings. The first kappa shape index (κ1) is 16.3. The van der Waals surface area contributed by atoms with Crippen LogP contribution in [0.3, 0.4) is 0 Å². The highest BCUT2D eigenvalue weighted by Crippen LogP contribution is 2.21. The van der Waals surface area contributed by atoms with Gasteiger partial charge in [-0.05, 0) is 26.2 Å². The Kier molecular flexibility index (Phi) is 6.03. The van der Waals surface area contributed by atoms with Crippen LogP contribution in [0.15, 0.2) is 5.16 Å². The van der Waals surface area contributed by atoms with Gasteiger partial charge in [0.05, 0.1) is 11.8 Å². The molecule has 1 N–H and O–H groups in total. The fourth-order valence-electron chi connectivity index (χ4n) is 3.50. The number of hydrogen-bond donors (Lipinski definition) is 1. The van der Waals surface area contributed by atoms with Crippen molar-refractivity contribution in [2.45, 2.75) is 58.4 Å². The zero-order chi connectivity index (χ0) is 15.2. The summed E-state index contributed by atoms with van der Waals surface area (Å²) in [6, 6.07) is -0.0580. The zero-order valence-corrected chi connectivity index (χ0v) is 13.4. The van der Waals surface area contributed by atoms with Crippen LogP contribution < -0.4 is 0 Å². The normalized spacial score (nSPS) is 28.4. The third-order valence-corrected chi connectivity index (χ3v) is 5.03. The molecule has 2 atom stereocenters. The van der Waals surface area contributed by atoms with Gasteiger partial charge in [0.15, 0.2) is 0 Å². The van der Waals surface area contributed by atoms with Gasteiger partial charge in [0.25, 0.3) is 0 Å². The molecule has 2 aliphatic heterocycles. The van der Waals surface area contributed by atoms with Gasteiger partial charge in [-0.15, -0.1) is 0 Å². The zero-order valence-electron chi connectivity index (χ0n) is 13.4. The molecule has 2 rings (SSSR count). The Labute approximate surface area is 128 Å². The summed E-state index contributed by atoms with van der Waals surface area (Å²) in [4.78, 5) is 17.0. The van der Waals surface area contributed by atoms with E-state index in [2.05, 4.69) is 17.0 Å². The van der Waals surface area contributed by atoms with Gasteiger partial charge < -0.3 is 10.1 Å². The van der Waals surface area contributed by atoms with Crippen LogP contribution in [-0.2, 0) is 4.79 Å². The van der Waals surface area contributed by atoms with E-state index in [-0.39, 0.29) is 17.9 Å². The number of hydrogen-bond acceptors (Lipinski definition) is 4. The van der Waals surface area contributed by atoms with Crippen LogP contribution in [0, 0.1) is 5.92 Å². The molecule has 0 bridgehead atoms. The first-order valence-corrected chi connectivity index (χ1v) is 8.41. The lowest BCUT2D eigenvalue weighted by Crippen LogP contribution is -2.52. The lowest BCUT2D eigenvalue weighted by molar-refractivity contribution is -0.136. The van der Waals surface area contributed by atoms with Gasteiger partial charge in [-0.3, -0.25) is 9.69 Å². The number of oxime groups is 1. The van der Waals surface area contributed by atoms with Crippen LogP contribution in [0.1, 0.15) is 52.4 Å². The molecule has 0 spiro atoms. The van der Waals surface area contributed by atoms with E-state index in [1.807, 2.05) is 11.8 Å². The summed E-state index contributed by atoms with van der Waals surface area (Å²) < 4.78 is 0. The van der Waals surface area contributed by atoms with Gasteiger partial charge in [-0.25, -0.2) is 0 Å². The molecule has 2 saturated heterocycles. The minimum Gasteiger partial charge on any atom is -0.411 e. The smallest absolute Gasteiger partial charge is 0.239 e. The molecule has 2 unspecified atom stereocenters. The standard InChI is InChI=1S/C16H29N3O2/c1-3-14-12-19(11-8-15(14)17-21)13(2)16(20)18-9-6-4-5-7-10-18/h13-14,21H,3-12H2,1-2H3. The predicted octanol–water partition coefficient (Wildman–Crippen LogP) is 2.34. The van der Waals surface area contributed by atoms with Crippen molar-refractivity contribution in [3.63, 3.8) is 0 Å². The number of likely N-dealkylation sites (tertiary alicyclic amines) is 2. The Hall–Kier alpha value is -1.10. The fourth-order valence-corrected chi connectivity index (χ4v) is 3.50. The highest BCUT2D eigenvalue weighted by molar-refractivity contribution is 5.88. The maximum atomic E-state index is 12.7. The van der Waals surface area contributed by atoms with Gasteiger partial charge in [-0.1, -0.05) is 24.9 Å². The van der Waals surface area contributed by atoms with Crippen LogP contribution in [-0.4, -0.2) is 58.8 Å². The Morgan fingerprint density at radius 1 is 1.29 bits per heavy atom. The van der Waals surface area contributed by atoms with Gasteiger partial charge in [0.2, 0.25) is 5.91 Å². The second-order valence-corrected chi connectivity index (χ2v) is 6.36. The fraction of sp³-hybridized carbons (Fsp3) is 0.875. The Bertz CT molecular complexity index is 376. The molecule has 2 fully saturated rings. The van der Waals surface area contributed by atoms with Crippen LogP contribution in [0.2, 0.25) is 0 Å². The second kappa shape index (κ2) is 7.78. The monoisotopic (exact) mass is 295 g/mol. The molecular weight excluding hydrogens is 266 g/mol. The number of nitrogens with zero attached hydrogens (tertiary/aromatic N) is 3. The maximum Gasteiger partial charge on any atom is 0.239 e. The van der Waals surface area contributed by atoms with Crippen molar-refractivity contribution < 1.29 is 10.0 Å². The van der Waals surface area contributed by atoms with E-state index >= 15 is 0 Å². The van der Waals surface area contributed by atoms with Crippen molar-refractivity contribution in [3.05, 3.63) is 0 Å². The quantitative estimate of drug-likeness (QED) is 0.642. The number of rotatable bonds is 3. The summed E-state index contributed by atoms with van der Waals surface area (Å²) in [5.41, 5.74) is 0.892. The predicted molar refractivity (Wildman–Crippen MR) is 83.7 cm³/mol. The minimum atomic E-state index is -0.0580. The summed E-state index contributed by atoms with van der Waals surface area (Å²) in [6.07, 6.45) is 6.49. The highest BCUT2D eigenvalue weighted by Gasteiger charge is 2.32. The van der Waals surface area contributed by atoms with Crippen molar-refractivity contribution in [1.29, 1.82) is 0 Å². The topological polar surface area (TPSA) is 56.1 Å². The van der Waals surface area contributed by atoms with Crippen LogP contribution in [0.25, 0.3) is 0 Å². The third kappa shape index (κ3) is 3.96. The first-order chi connectivity index (χ1) is 10.2. The molecule has 0 radical (unpaired) electrons. The van der Waals surface area contributed by atoms with Gasteiger partial charge in [-0.2, -0.15) is 0 Å². The molecule has 2 heterocycles. The van der Waals surface area contributed by atoms with E-state index in [9.17, 15) is 4.79 Å². The van der Waals surface area contributed by atoms with E-state index in [0.717, 1.165) is 57.6 Å². The van der Waals surface area contributed by atoms with Crippen molar-refractivity contribution >= 4 is 11.6 Å². The minimum absolute atomic E-state index is 0.0580. The molecular formula is C16H29N3O2. The molecule has 5 nitrogen and oxygen atoms in total. The summed E-state index contributed by atoms with van der Waals surface area (Å²) in [5.74, 6) is 0.555. The van der Waals surface area contributed by atoms with Crippen molar-refractivity contribution in [2.24, 2.45) is 11.1 Å². The van der Waals surface area contributed by atoms with E-state index in [1.54, 1.807) is 0 Å². The van der Waals surface area contributed by atoms with Crippen LogP contribution >= 0.6 is 0 Å². The van der Waals surface area contributed by atoms with Gasteiger partial charge in [0.1, 0.15) is 0 Å². The molecule has 5 heteroatoms. The van der Waals surface area contributed by atoms with Gasteiger partial charge >= 0.3 is 0 Å². The van der Waals surface area contributed by atoms with Crippen LogP contribution in [0.4, 0.5) is 0 Å². The molecule has 0 aromatic rings.